The maximum absolute atomic E-state index is 12.9. The zero-order chi connectivity index (χ0) is 13.9. The van der Waals surface area contributed by atoms with E-state index in [1.165, 1.54) is 0 Å². The number of carbonyl (C=O) groups is 1. The van der Waals surface area contributed by atoms with Gasteiger partial charge >= 0.3 is 0 Å². The summed E-state index contributed by atoms with van der Waals surface area (Å²) < 4.78 is 38.4. The van der Waals surface area contributed by atoms with Gasteiger partial charge in [0.2, 0.25) is 5.91 Å². The lowest BCUT2D eigenvalue weighted by Gasteiger charge is -2.20. The number of rotatable bonds is 3. The Kier molecular flexibility index (Phi) is 4.21. The molecule has 0 fully saturated rings. The van der Waals surface area contributed by atoms with E-state index in [1.54, 1.807) is 0 Å². The lowest BCUT2D eigenvalue weighted by atomic mass is 10.1. The lowest BCUT2D eigenvalue weighted by Crippen LogP contribution is -2.43. The highest BCUT2D eigenvalue weighted by Crippen LogP contribution is 2.16. The predicted molar refractivity (Wildman–Crippen MR) is 62.7 cm³/mol. The fourth-order valence-corrected chi connectivity index (χ4v) is 1.30. The molecule has 1 amide bonds. The van der Waals surface area contributed by atoms with Crippen molar-refractivity contribution < 1.29 is 18.0 Å². The van der Waals surface area contributed by atoms with Gasteiger partial charge in [-0.2, -0.15) is 0 Å². The minimum Gasteiger partial charge on any atom is -0.376 e. The monoisotopic (exact) mass is 260 g/mol. The molecule has 0 aliphatic heterocycles. The molecule has 6 heteroatoms. The molecule has 1 rings (SSSR count). The van der Waals surface area contributed by atoms with Crippen LogP contribution in [0.1, 0.15) is 20.8 Å². The first-order valence-corrected chi connectivity index (χ1v) is 5.38. The molecule has 0 aliphatic rings. The van der Waals surface area contributed by atoms with Gasteiger partial charge in [-0.05, 0) is 20.8 Å². The van der Waals surface area contributed by atoms with Crippen LogP contribution in [0.4, 0.5) is 18.9 Å². The van der Waals surface area contributed by atoms with Crippen LogP contribution >= 0.6 is 0 Å². The van der Waals surface area contributed by atoms with Crippen molar-refractivity contribution in [2.75, 3.05) is 11.9 Å². The molecule has 3 nitrogen and oxygen atoms in total. The Balaban J connectivity index is 2.62. The van der Waals surface area contributed by atoms with Crippen LogP contribution in [0.15, 0.2) is 12.1 Å². The van der Waals surface area contributed by atoms with Gasteiger partial charge < -0.3 is 10.6 Å². The van der Waals surface area contributed by atoms with Gasteiger partial charge in [0.15, 0.2) is 17.5 Å². The summed E-state index contributed by atoms with van der Waals surface area (Å²) in [4.78, 5) is 11.4. The van der Waals surface area contributed by atoms with E-state index in [1.807, 2.05) is 20.8 Å². The number of hydrogen-bond donors (Lipinski definition) is 2. The number of amides is 1. The van der Waals surface area contributed by atoms with Crippen LogP contribution in [-0.4, -0.2) is 18.0 Å². The normalized spacial score (nSPS) is 11.2. The zero-order valence-corrected chi connectivity index (χ0v) is 10.4. The van der Waals surface area contributed by atoms with Crippen molar-refractivity contribution in [3.05, 3.63) is 29.6 Å². The van der Waals surface area contributed by atoms with Crippen molar-refractivity contribution in [2.45, 2.75) is 26.3 Å². The zero-order valence-electron chi connectivity index (χ0n) is 10.4. The summed E-state index contributed by atoms with van der Waals surface area (Å²) in [5.41, 5.74) is -0.381. The molecule has 100 valence electrons. The average molecular weight is 260 g/mol. The van der Waals surface area contributed by atoms with E-state index < -0.39 is 23.0 Å². The maximum Gasteiger partial charge on any atom is 0.239 e. The second kappa shape index (κ2) is 5.29. The molecular weight excluding hydrogens is 245 g/mol. The summed E-state index contributed by atoms with van der Waals surface area (Å²) in [7, 11) is 0. The van der Waals surface area contributed by atoms with Crippen LogP contribution < -0.4 is 10.6 Å². The molecule has 18 heavy (non-hydrogen) atoms. The van der Waals surface area contributed by atoms with E-state index >= 15 is 0 Å². The summed E-state index contributed by atoms with van der Waals surface area (Å²) >= 11 is 0. The second-order valence-corrected chi connectivity index (χ2v) is 4.91. The maximum atomic E-state index is 12.9. The van der Waals surface area contributed by atoms with Gasteiger partial charge in [-0.1, -0.05) is 0 Å². The number of anilines is 1. The summed E-state index contributed by atoms with van der Waals surface area (Å²) in [6, 6.07) is 1.59. The van der Waals surface area contributed by atoms with E-state index in [0.29, 0.717) is 0 Å². The van der Waals surface area contributed by atoms with Crippen LogP contribution in [0.3, 0.4) is 0 Å². The molecule has 1 aromatic rings. The van der Waals surface area contributed by atoms with Crippen molar-refractivity contribution in [1.82, 2.24) is 5.32 Å². The van der Waals surface area contributed by atoms with Gasteiger partial charge in [0, 0.05) is 23.4 Å². The Morgan fingerprint density at radius 1 is 1.17 bits per heavy atom. The van der Waals surface area contributed by atoms with E-state index in [0.717, 1.165) is 12.1 Å². The molecule has 0 saturated carbocycles. The van der Waals surface area contributed by atoms with Gasteiger partial charge in [-0.25, -0.2) is 13.2 Å². The molecule has 0 bridgehead atoms. The van der Waals surface area contributed by atoms with Gasteiger partial charge in [-0.15, -0.1) is 0 Å². The van der Waals surface area contributed by atoms with Gasteiger partial charge in [-0.3, -0.25) is 4.79 Å². The molecule has 0 heterocycles. The average Bonchev–Trinajstić information content (AvgIpc) is 2.20. The Bertz CT molecular complexity index is 432. The van der Waals surface area contributed by atoms with E-state index in [9.17, 15) is 18.0 Å². The van der Waals surface area contributed by atoms with Crippen LogP contribution in [-0.2, 0) is 4.79 Å². The standard InChI is InChI=1S/C12H15F3N2O/c1-12(2,3)17-10(18)6-16-7-4-8(13)11(15)9(14)5-7/h4-5,16H,6H2,1-3H3,(H,17,18). The molecule has 0 radical (unpaired) electrons. The molecule has 0 unspecified atom stereocenters. The summed E-state index contributed by atoms with van der Waals surface area (Å²) in [5.74, 6) is -4.45. The number of benzene rings is 1. The first kappa shape index (κ1) is 14.3. The van der Waals surface area contributed by atoms with Gasteiger partial charge in [0.05, 0.1) is 6.54 Å². The second-order valence-electron chi connectivity index (χ2n) is 4.91. The van der Waals surface area contributed by atoms with Crippen LogP contribution in [0.25, 0.3) is 0 Å². The SMILES string of the molecule is CC(C)(C)NC(=O)CNc1cc(F)c(F)c(F)c1. The topological polar surface area (TPSA) is 41.1 Å². The Morgan fingerprint density at radius 3 is 2.11 bits per heavy atom. The molecule has 0 saturated heterocycles. The molecule has 1 aromatic carbocycles. The molecule has 0 aromatic heterocycles. The van der Waals surface area contributed by atoms with Gasteiger partial charge in [0.25, 0.3) is 0 Å². The fraction of sp³-hybridized carbons (Fsp3) is 0.417. The predicted octanol–water partition coefficient (Wildman–Crippen LogP) is 2.43. The lowest BCUT2D eigenvalue weighted by molar-refractivity contribution is -0.120. The van der Waals surface area contributed by atoms with E-state index in [4.69, 9.17) is 0 Å². The Labute approximate surface area is 103 Å². The number of halogens is 3. The molecule has 0 atom stereocenters. The van der Waals surface area contributed by atoms with Gasteiger partial charge in [0.1, 0.15) is 0 Å². The minimum atomic E-state index is -1.53. The number of carbonyl (C=O) groups excluding carboxylic acids is 1. The number of nitrogens with one attached hydrogen (secondary N) is 2. The van der Waals surface area contributed by atoms with Crippen molar-refractivity contribution in [2.24, 2.45) is 0 Å². The number of hydrogen-bond acceptors (Lipinski definition) is 2. The Hall–Kier alpha value is -1.72. The minimum absolute atomic E-state index is 0.00968. The smallest absolute Gasteiger partial charge is 0.239 e. The molecule has 0 spiro atoms. The van der Waals surface area contributed by atoms with Crippen molar-refractivity contribution >= 4 is 11.6 Å². The molecule has 2 N–H and O–H groups in total. The third-order valence-corrected chi connectivity index (χ3v) is 1.95. The largest absolute Gasteiger partial charge is 0.376 e. The highest BCUT2D eigenvalue weighted by molar-refractivity contribution is 5.81. The van der Waals surface area contributed by atoms with Crippen LogP contribution in [0, 0.1) is 17.5 Å². The Morgan fingerprint density at radius 2 is 1.67 bits per heavy atom. The van der Waals surface area contributed by atoms with E-state index in [2.05, 4.69) is 10.6 Å². The van der Waals surface area contributed by atoms with E-state index in [-0.39, 0.29) is 18.1 Å². The quantitative estimate of drug-likeness (QED) is 0.819. The van der Waals surface area contributed by atoms with Crippen LogP contribution in [0.2, 0.25) is 0 Å². The van der Waals surface area contributed by atoms with Crippen LogP contribution in [0.5, 0.6) is 0 Å². The highest BCUT2D eigenvalue weighted by atomic mass is 19.2. The van der Waals surface area contributed by atoms with Crippen molar-refractivity contribution in [3.63, 3.8) is 0 Å². The third-order valence-electron chi connectivity index (χ3n) is 1.95. The third kappa shape index (κ3) is 4.27. The first-order valence-electron chi connectivity index (χ1n) is 5.38. The first-order chi connectivity index (χ1) is 8.19. The van der Waals surface area contributed by atoms with Crippen molar-refractivity contribution in [1.29, 1.82) is 0 Å². The molecular formula is C12H15F3N2O. The summed E-state index contributed by atoms with van der Waals surface area (Å²) in [6.45, 7) is 5.27. The highest BCUT2D eigenvalue weighted by Gasteiger charge is 2.14. The fourth-order valence-electron chi connectivity index (χ4n) is 1.30. The molecule has 0 aliphatic carbocycles. The summed E-state index contributed by atoms with van der Waals surface area (Å²) in [6.07, 6.45) is 0. The summed E-state index contributed by atoms with van der Waals surface area (Å²) in [5, 5.41) is 5.18. The van der Waals surface area contributed by atoms with Crippen molar-refractivity contribution in [3.8, 4) is 0 Å².